The summed E-state index contributed by atoms with van der Waals surface area (Å²) >= 11 is 0. The van der Waals surface area contributed by atoms with Crippen molar-refractivity contribution in [3.8, 4) is 0 Å². The van der Waals surface area contributed by atoms with Crippen molar-refractivity contribution < 1.29 is 47.4 Å². The van der Waals surface area contributed by atoms with Crippen molar-refractivity contribution in [2.24, 2.45) is 0 Å². The van der Waals surface area contributed by atoms with Gasteiger partial charge in [-0.1, -0.05) is 188 Å². The molecule has 10 nitrogen and oxygen atoms in total. The molecule has 10 atom stereocenters. The summed E-state index contributed by atoms with van der Waals surface area (Å²) in [5.74, 6) is 0. The first-order chi connectivity index (χ1) is 34.1. The predicted octanol–water partition coefficient (Wildman–Crippen LogP) is 10.8. The van der Waals surface area contributed by atoms with Crippen molar-refractivity contribution in [1.29, 1.82) is 0 Å². The van der Waals surface area contributed by atoms with Gasteiger partial charge < -0.3 is 47.4 Å². The first kappa shape index (κ1) is 48.4. The standard InChI is InChI=1S/C59H62O10/c1-42-52(62-36-44-22-10-4-11-23-44)54(65-40-48-32-33-49-30-18-19-31-50(49)34-48)56(66-39-47-28-16-7-17-29-47)59(67-42)69-57-55(64-38-46-26-14-6-15-27-46)53(63-37-45-24-12-5-13-25-45)51(68-58(57)60-2)41-61-35-43-20-8-3-9-21-43/h3-34,42,51-59H,35-41H2,1-2H3/t42-,51+,52+,53-,54+,55-,56-,57+,58+,59-/m0/s1. The van der Waals surface area contributed by atoms with Gasteiger partial charge in [-0.25, -0.2) is 0 Å². The van der Waals surface area contributed by atoms with Crippen LogP contribution in [0.2, 0.25) is 0 Å². The molecule has 7 aromatic rings. The molecule has 0 saturated carbocycles. The minimum absolute atomic E-state index is 0.205. The van der Waals surface area contributed by atoms with Crippen molar-refractivity contribution in [1.82, 2.24) is 0 Å². The van der Waals surface area contributed by atoms with Crippen LogP contribution < -0.4 is 0 Å². The van der Waals surface area contributed by atoms with Crippen LogP contribution in [0.1, 0.15) is 40.3 Å². The Morgan fingerprint density at radius 1 is 0.362 bits per heavy atom. The molecule has 0 bridgehead atoms. The van der Waals surface area contributed by atoms with Crippen LogP contribution in [-0.2, 0) is 87.0 Å². The molecular weight excluding hydrogens is 869 g/mol. The van der Waals surface area contributed by atoms with Gasteiger partial charge >= 0.3 is 0 Å². The number of hydrogen-bond acceptors (Lipinski definition) is 10. The molecule has 2 aliphatic rings. The Bertz CT molecular complexity index is 2550. The van der Waals surface area contributed by atoms with Gasteiger partial charge in [-0.05, 0) is 57.1 Å². The van der Waals surface area contributed by atoms with E-state index in [2.05, 4.69) is 42.5 Å². The molecule has 0 amide bonds. The highest BCUT2D eigenvalue weighted by molar-refractivity contribution is 5.82. The van der Waals surface area contributed by atoms with Crippen LogP contribution in [-0.4, -0.2) is 75.1 Å². The third-order valence-electron chi connectivity index (χ3n) is 12.6. The van der Waals surface area contributed by atoms with Gasteiger partial charge in [0.1, 0.15) is 42.7 Å². The number of methoxy groups -OCH3 is 1. The quantitative estimate of drug-likeness (QED) is 0.0654. The predicted molar refractivity (Wildman–Crippen MR) is 264 cm³/mol. The molecule has 0 N–H and O–H groups in total. The maximum absolute atomic E-state index is 7.29. The smallest absolute Gasteiger partial charge is 0.187 e. The molecule has 0 spiro atoms. The van der Waals surface area contributed by atoms with E-state index in [-0.39, 0.29) is 19.8 Å². The van der Waals surface area contributed by atoms with E-state index >= 15 is 0 Å². The van der Waals surface area contributed by atoms with Gasteiger partial charge in [0, 0.05) is 7.11 Å². The summed E-state index contributed by atoms with van der Waals surface area (Å²) in [5, 5.41) is 2.29. The molecule has 0 aromatic heterocycles. The summed E-state index contributed by atoms with van der Waals surface area (Å²) in [4.78, 5) is 0. The minimum atomic E-state index is -1.00. The van der Waals surface area contributed by atoms with Crippen LogP contribution in [0.15, 0.2) is 194 Å². The third kappa shape index (κ3) is 13.2. The second kappa shape index (κ2) is 24.8. The van der Waals surface area contributed by atoms with E-state index in [4.69, 9.17) is 47.4 Å². The molecule has 7 aromatic carbocycles. The Hall–Kier alpha value is -5.60. The molecule has 69 heavy (non-hydrogen) atoms. The second-order valence-corrected chi connectivity index (χ2v) is 17.6. The number of hydrogen-bond donors (Lipinski definition) is 0. The molecule has 0 unspecified atom stereocenters. The van der Waals surface area contributed by atoms with Crippen LogP contribution in [0.3, 0.4) is 0 Å². The Morgan fingerprint density at radius 2 is 0.783 bits per heavy atom. The van der Waals surface area contributed by atoms with Crippen LogP contribution in [0.25, 0.3) is 10.8 Å². The SMILES string of the molecule is CO[C@@H]1O[C@H](COCc2ccccc2)[C@H](OCc2ccccc2)[C@H](OCc2ccccc2)[C@H]1O[C@@H]1O[C@@H](C)[C@@H](OCc2ccccc2)[C@@H](OCc2ccc3ccccc3c2)[C@@H]1OCc1ccccc1. The van der Waals surface area contributed by atoms with E-state index in [9.17, 15) is 0 Å². The normalized spacial score (nSPS) is 24.8. The monoisotopic (exact) mass is 930 g/mol. The Morgan fingerprint density at radius 3 is 1.30 bits per heavy atom. The summed E-state index contributed by atoms with van der Waals surface area (Å²) in [6.45, 7) is 4.05. The lowest BCUT2D eigenvalue weighted by molar-refractivity contribution is -0.378. The van der Waals surface area contributed by atoms with Gasteiger partial charge in [-0.2, -0.15) is 0 Å². The number of benzene rings is 7. The van der Waals surface area contributed by atoms with Crippen LogP contribution in [0, 0.1) is 0 Å². The maximum atomic E-state index is 7.29. The molecular formula is C59H62O10. The lowest BCUT2D eigenvalue weighted by Crippen LogP contribution is -2.65. The highest BCUT2D eigenvalue weighted by Crippen LogP contribution is 2.37. The van der Waals surface area contributed by atoms with Crippen molar-refractivity contribution in [2.75, 3.05) is 13.7 Å². The van der Waals surface area contributed by atoms with E-state index in [0.29, 0.717) is 26.4 Å². The summed E-state index contributed by atoms with van der Waals surface area (Å²) in [6, 6.07) is 65.1. The first-order valence-corrected chi connectivity index (χ1v) is 23.9. The van der Waals surface area contributed by atoms with Gasteiger partial charge in [-0.15, -0.1) is 0 Å². The van der Waals surface area contributed by atoms with Gasteiger partial charge in [0.05, 0.1) is 52.4 Å². The van der Waals surface area contributed by atoms with E-state index in [1.165, 1.54) is 0 Å². The van der Waals surface area contributed by atoms with Gasteiger partial charge in [-0.3, -0.25) is 0 Å². The first-order valence-electron chi connectivity index (χ1n) is 23.9. The molecule has 358 valence electrons. The van der Waals surface area contributed by atoms with Crippen molar-refractivity contribution >= 4 is 10.8 Å². The summed E-state index contributed by atoms with van der Waals surface area (Å²) in [6.07, 6.45) is -7.34. The van der Waals surface area contributed by atoms with Gasteiger partial charge in [0.2, 0.25) is 0 Å². The largest absolute Gasteiger partial charge is 0.374 e. The fraction of sp³-hybridized carbons (Fsp3) is 0.322. The van der Waals surface area contributed by atoms with Crippen molar-refractivity contribution in [3.05, 3.63) is 228 Å². The van der Waals surface area contributed by atoms with E-state index < -0.39 is 61.4 Å². The lowest BCUT2D eigenvalue weighted by Gasteiger charge is -2.49. The van der Waals surface area contributed by atoms with E-state index in [1.807, 2.05) is 159 Å². The summed E-state index contributed by atoms with van der Waals surface area (Å²) in [7, 11) is 1.61. The van der Waals surface area contributed by atoms with Crippen LogP contribution in [0.4, 0.5) is 0 Å². The molecule has 0 radical (unpaired) electrons. The molecule has 2 heterocycles. The Labute approximate surface area is 405 Å². The van der Waals surface area contributed by atoms with Crippen LogP contribution in [0.5, 0.6) is 0 Å². The van der Waals surface area contributed by atoms with Crippen molar-refractivity contribution in [2.45, 2.75) is 108 Å². The number of fused-ring (bicyclic) bond motifs is 1. The molecule has 2 saturated heterocycles. The van der Waals surface area contributed by atoms with Gasteiger partial charge in [0.25, 0.3) is 0 Å². The van der Waals surface area contributed by atoms with E-state index in [0.717, 1.165) is 44.2 Å². The average Bonchev–Trinajstić information content (AvgIpc) is 3.40. The highest BCUT2D eigenvalue weighted by atomic mass is 16.8. The lowest BCUT2D eigenvalue weighted by atomic mass is 9.96. The average molecular weight is 931 g/mol. The second-order valence-electron chi connectivity index (χ2n) is 17.6. The molecule has 9 rings (SSSR count). The third-order valence-corrected chi connectivity index (χ3v) is 12.6. The zero-order valence-corrected chi connectivity index (χ0v) is 39.3. The summed E-state index contributed by atoms with van der Waals surface area (Å²) < 4.78 is 68.4. The maximum Gasteiger partial charge on any atom is 0.187 e. The number of rotatable bonds is 22. The molecule has 10 heteroatoms. The van der Waals surface area contributed by atoms with Crippen LogP contribution >= 0.6 is 0 Å². The van der Waals surface area contributed by atoms with E-state index in [1.54, 1.807) is 7.11 Å². The molecule has 2 aliphatic heterocycles. The molecule has 2 fully saturated rings. The fourth-order valence-electron chi connectivity index (χ4n) is 9.03. The van der Waals surface area contributed by atoms with Gasteiger partial charge in [0.15, 0.2) is 12.6 Å². The highest BCUT2D eigenvalue weighted by Gasteiger charge is 2.54. The topological polar surface area (TPSA) is 92.3 Å². The zero-order chi connectivity index (χ0) is 47.0. The Kier molecular flexibility index (Phi) is 17.4. The fourth-order valence-corrected chi connectivity index (χ4v) is 9.03. The Balaban J connectivity index is 1.06. The summed E-state index contributed by atoms with van der Waals surface area (Å²) in [5.41, 5.74) is 6.07. The van der Waals surface area contributed by atoms with Crippen molar-refractivity contribution in [3.63, 3.8) is 0 Å². The number of ether oxygens (including phenoxy) is 10. The molecule has 0 aliphatic carbocycles. The zero-order valence-electron chi connectivity index (χ0n) is 39.3. The minimum Gasteiger partial charge on any atom is -0.374 e.